The van der Waals surface area contributed by atoms with Gasteiger partial charge in [-0.2, -0.15) is 0 Å². The van der Waals surface area contributed by atoms with Crippen molar-refractivity contribution in [3.63, 3.8) is 0 Å². The van der Waals surface area contributed by atoms with Crippen molar-refractivity contribution < 1.29 is 9.72 Å². The van der Waals surface area contributed by atoms with Gasteiger partial charge in [-0.25, -0.2) is 0 Å². The molecule has 4 nitrogen and oxygen atoms in total. The minimum absolute atomic E-state index is 0.263. The molecule has 0 fully saturated rings. The Labute approximate surface area is 157 Å². The van der Waals surface area contributed by atoms with Crippen LogP contribution >= 0.6 is 0 Å². The van der Waals surface area contributed by atoms with E-state index in [1.165, 1.54) is 0 Å². The standard InChI is InChI=1S/C22H30NO3/c1-2-19-22(23(25)26)20-17-15-13-11-9-7-5-3-4-6-8-10-12-14-16-18-21-24/h3,5-6,8-9,11-12,14-15,17,19H,2,4,7,10,13,16,18,20H2,1H3/b5-3-,8-6-,11-9-,14-12-,17-15-,22-19+. The predicted molar refractivity (Wildman–Crippen MR) is 109 cm³/mol. The zero-order chi connectivity index (χ0) is 19.3. The van der Waals surface area contributed by atoms with Gasteiger partial charge < -0.3 is 0 Å². The summed E-state index contributed by atoms with van der Waals surface area (Å²) in [6.07, 6.45) is 29.8. The van der Waals surface area contributed by atoms with Crippen LogP contribution in [-0.2, 0) is 4.79 Å². The molecule has 0 aliphatic rings. The van der Waals surface area contributed by atoms with Crippen molar-refractivity contribution in [3.8, 4) is 0 Å². The summed E-state index contributed by atoms with van der Waals surface area (Å²) in [5.41, 5.74) is 0.263. The molecule has 1 radical (unpaired) electrons. The van der Waals surface area contributed by atoms with Gasteiger partial charge in [0.25, 0.3) is 0 Å². The summed E-state index contributed by atoms with van der Waals surface area (Å²) in [7, 11) is 0. The zero-order valence-corrected chi connectivity index (χ0v) is 15.7. The zero-order valence-electron chi connectivity index (χ0n) is 15.7. The summed E-state index contributed by atoms with van der Waals surface area (Å²) in [6.45, 7) is 1.90. The van der Waals surface area contributed by atoms with E-state index < -0.39 is 0 Å². The maximum absolute atomic E-state index is 10.8. The van der Waals surface area contributed by atoms with Crippen LogP contribution in [-0.4, -0.2) is 11.2 Å². The minimum Gasteiger partial charge on any atom is -0.291 e. The Bertz CT molecular complexity index is 552. The molecule has 0 aromatic carbocycles. The van der Waals surface area contributed by atoms with Crippen LogP contribution in [0.2, 0.25) is 0 Å². The second-order valence-corrected chi connectivity index (χ2v) is 5.55. The monoisotopic (exact) mass is 356 g/mol. The summed E-state index contributed by atoms with van der Waals surface area (Å²) in [6, 6.07) is 0. The van der Waals surface area contributed by atoms with Crippen LogP contribution in [0.3, 0.4) is 0 Å². The van der Waals surface area contributed by atoms with Crippen LogP contribution in [0.25, 0.3) is 0 Å². The predicted octanol–water partition coefficient (Wildman–Crippen LogP) is 6.18. The number of rotatable bonds is 15. The fraction of sp³-hybridized carbons (Fsp3) is 0.409. The fourth-order valence-electron chi connectivity index (χ4n) is 2.02. The number of carbonyl (C=O) groups excluding carboxylic acids is 1. The lowest BCUT2D eigenvalue weighted by molar-refractivity contribution is -0.427. The van der Waals surface area contributed by atoms with Gasteiger partial charge in [-0.15, -0.1) is 0 Å². The van der Waals surface area contributed by atoms with Crippen molar-refractivity contribution in [1.29, 1.82) is 0 Å². The Kier molecular flexibility index (Phi) is 17.0. The fourth-order valence-corrected chi connectivity index (χ4v) is 2.02. The van der Waals surface area contributed by atoms with Gasteiger partial charge in [0.15, 0.2) is 6.29 Å². The van der Waals surface area contributed by atoms with E-state index in [9.17, 15) is 14.9 Å². The molecule has 26 heavy (non-hydrogen) atoms. The third-order valence-electron chi connectivity index (χ3n) is 3.34. The van der Waals surface area contributed by atoms with Gasteiger partial charge >= 0.3 is 0 Å². The van der Waals surface area contributed by atoms with E-state index in [1.807, 2.05) is 31.4 Å². The molecule has 0 saturated carbocycles. The quantitative estimate of drug-likeness (QED) is 0.152. The number of nitrogens with zero attached hydrogens (tertiary/aromatic N) is 1. The Morgan fingerprint density at radius 3 is 1.73 bits per heavy atom. The Morgan fingerprint density at radius 1 is 0.846 bits per heavy atom. The van der Waals surface area contributed by atoms with Crippen molar-refractivity contribution in [1.82, 2.24) is 0 Å². The second kappa shape index (κ2) is 18.8. The highest BCUT2D eigenvalue weighted by Gasteiger charge is 2.05. The molecular weight excluding hydrogens is 326 g/mol. The van der Waals surface area contributed by atoms with Crippen LogP contribution in [0.4, 0.5) is 0 Å². The highest BCUT2D eigenvalue weighted by molar-refractivity contribution is 5.50. The average molecular weight is 356 g/mol. The molecule has 0 N–H and O–H groups in total. The van der Waals surface area contributed by atoms with Crippen molar-refractivity contribution >= 4 is 6.29 Å². The van der Waals surface area contributed by atoms with Crippen LogP contribution in [0.15, 0.2) is 72.5 Å². The second-order valence-electron chi connectivity index (χ2n) is 5.55. The molecule has 0 bridgehead atoms. The first-order valence-corrected chi connectivity index (χ1v) is 9.15. The van der Waals surface area contributed by atoms with Crippen LogP contribution in [0, 0.1) is 10.1 Å². The van der Waals surface area contributed by atoms with E-state index in [4.69, 9.17) is 0 Å². The molecule has 0 rings (SSSR count). The van der Waals surface area contributed by atoms with E-state index in [0.717, 1.165) is 32.1 Å². The third kappa shape index (κ3) is 16.4. The van der Waals surface area contributed by atoms with Crippen LogP contribution < -0.4 is 0 Å². The minimum atomic E-state index is -0.314. The smallest absolute Gasteiger partial charge is 0.246 e. The molecule has 0 aromatic heterocycles. The molecule has 0 amide bonds. The highest BCUT2D eigenvalue weighted by Crippen LogP contribution is 2.05. The number of hydrogen-bond acceptors (Lipinski definition) is 3. The maximum atomic E-state index is 10.8. The van der Waals surface area contributed by atoms with Crippen LogP contribution in [0.1, 0.15) is 58.3 Å². The molecular formula is C22H30NO3. The number of allylic oxidation sites excluding steroid dienone is 11. The lowest BCUT2D eigenvalue weighted by atomic mass is 10.2. The SMILES string of the molecule is CC/C=C(\C/C=C\C/C=C\C/C=C\C/C=C\C/C=C\CC[C]=O)[N+](=O)[O-]. The number of unbranched alkanes of at least 4 members (excludes halogenated alkanes) is 1. The Balaban J connectivity index is 3.74. The molecule has 0 atom stereocenters. The molecule has 0 heterocycles. The lowest BCUT2D eigenvalue weighted by Crippen LogP contribution is -1.96. The normalized spacial score (nSPS) is 13.2. The van der Waals surface area contributed by atoms with Crippen LogP contribution in [0.5, 0.6) is 0 Å². The van der Waals surface area contributed by atoms with Gasteiger partial charge in [0.1, 0.15) is 0 Å². The largest absolute Gasteiger partial charge is 0.291 e. The summed E-state index contributed by atoms with van der Waals surface area (Å²) < 4.78 is 0. The summed E-state index contributed by atoms with van der Waals surface area (Å²) in [5.74, 6) is 0. The first-order valence-electron chi connectivity index (χ1n) is 9.15. The molecule has 0 spiro atoms. The van der Waals surface area contributed by atoms with Crippen molar-refractivity contribution in [2.24, 2.45) is 0 Å². The van der Waals surface area contributed by atoms with Gasteiger partial charge in [-0.05, 0) is 44.6 Å². The van der Waals surface area contributed by atoms with Gasteiger partial charge in [0.2, 0.25) is 5.70 Å². The summed E-state index contributed by atoms with van der Waals surface area (Å²) in [5, 5.41) is 10.8. The number of nitro groups is 1. The third-order valence-corrected chi connectivity index (χ3v) is 3.34. The van der Waals surface area contributed by atoms with Crippen molar-refractivity contribution in [2.45, 2.75) is 58.3 Å². The Hall–Kier alpha value is -2.49. The molecule has 4 heteroatoms. The number of hydrogen-bond donors (Lipinski definition) is 0. The van der Waals surface area contributed by atoms with E-state index in [2.05, 4.69) is 42.5 Å². The highest BCUT2D eigenvalue weighted by atomic mass is 16.6. The van der Waals surface area contributed by atoms with Gasteiger partial charge in [-0.3, -0.25) is 14.9 Å². The van der Waals surface area contributed by atoms with Gasteiger partial charge in [0.05, 0.1) is 11.3 Å². The van der Waals surface area contributed by atoms with E-state index >= 15 is 0 Å². The van der Waals surface area contributed by atoms with Crippen molar-refractivity contribution in [3.05, 3.63) is 82.6 Å². The average Bonchev–Trinajstić information content (AvgIpc) is 2.63. The topological polar surface area (TPSA) is 60.2 Å². The molecule has 0 aromatic rings. The molecule has 0 aliphatic carbocycles. The molecule has 0 unspecified atom stereocenters. The molecule has 141 valence electrons. The van der Waals surface area contributed by atoms with Gasteiger partial charge in [0, 0.05) is 6.42 Å². The molecule has 0 saturated heterocycles. The first kappa shape index (κ1) is 23.5. The maximum Gasteiger partial charge on any atom is 0.246 e. The first-order chi connectivity index (χ1) is 12.7. The lowest BCUT2D eigenvalue weighted by Gasteiger charge is -1.92. The van der Waals surface area contributed by atoms with E-state index in [0.29, 0.717) is 19.3 Å². The Morgan fingerprint density at radius 2 is 1.31 bits per heavy atom. The van der Waals surface area contributed by atoms with Gasteiger partial charge in [-0.1, -0.05) is 67.7 Å². The molecule has 0 aliphatic heterocycles. The van der Waals surface area contributed by atoms with Crippen molar-refractivity contribution in [2.75, 3.05) is 0 Å². The summed E-state index contributed by atoms with van der Waals surface area (Å²) in [4.78, 5) is 20.4. The van der Waals surface area contributed by atoms with E-state index in [-0.39, 0.29) is 10.6 Å². The van der Waals surface area contributed by atoms with E-state index in [1.54, 1.807) is 6.08 Å². The summed E-state index contributed by atoms with van der Waals surface area (Å²) >= 11 is 0.